The summed E-state index contributed by atoms with van der Waals surface area (Å²) in [6, 6.07) is 7.67. The van der Waals surface area contributed by atoms with Crippen molar-refractivity contribution in [2.45, 2.75) is 0 Å². The van der Waals surface area contributed by atoms with Crippen LogP contribution in [0.5, 0.6) is 0 Å². The summed E-state index contributed by atoms with van der Waals surface area (Å²) in [5.74, 6) is -0.0888. The summed E-state index contributed by atoms with van der Waals surface area (Å²) in [7, 11) is -3.42. The molecule has 0 aliphatic rings. The summed E-state index contributed by atoms with van der Waals surface area (Å²) in [5, 5.41) is 10.8. The van der Waals surface area contributed by atoms with Crippen molar-refractivity contribution in [1.82, 2.24) is 4.98 Å². The highest BCUT2D eigenvalue weighted by atomic mass is 32.2. The molecule has 0 radical (unpaired) electrons. The highest BCUT2D eigenvalue weighted by molar-refractivity contribution is 7.89. The first-order valence-corrected chi connectivity index (χ1v) is 7.88. The molecular formula is C11H13N3O2S2. The third-order valence-corrected chi connectivity index (χ3v) is 3.85. The molecule has 1 heterocycles. The van der Waals surface area contributed by atoms with Crippen molar-refractivity contribution in [3.63, 3.8) is 0 Å². The third-order valence-electron chi connectivity index (χ3n) is 2.26. The van der Waals surface area contributed by atoms with Crippen LogP contribution in [0.2, 0.25) is 0 Å². The van der Waals surface area contributed by atoms with Crippen LogP contribution in [0.4, 0.5) is 5.69 Å². The van der Waals surface area contributed by atoms with Crippen molar-refractivity contribution in [3.05, 3.63) is 35.8 Å². The van der Waals surface area contributed by atoms with Gasteiger partial charge in [0.05, 0.1) is 5.75 Å². The fourth-order valence-electron chi connectivity index (χ4n) is 1.47. The lowest BCUT2D eigenvalue weighted by Crippen LogP contribution is -2.22. The number of anilines is 1. The van der Waals surface area contributed by atoms with Gasteiger partial charge in [-0.1, -0.05) is 12.1 Å². The van der Waals surface area contributed by atoms with E-state index in [0.717, 1.165) is 16.3 Å². The van der Waals surface area contributed by atoms with E-state index in [0.29, 0.717) is 6.54 Å². The minimum atomic E-state index is -3.42. The SMILES string of the molecule is NS(=O)(=O)CCNc1cccc(-c2nccs2)c1. The number of sulfonamides is 1. The first-order chi connectivity index (χ1) is 8.54. The molecule has 0 aliphatic carbocycles. The number of thiazole rings is 1. The Kier molecular flexibility index (Phi) is 3.95. The Hall–Kier alpha value is -1.44. The lowest BCUT2D eigenvalue weighted by atomic mass is 10.2. The van der Waals surface area contributed by atoms with Crippen LogP contribution < -0.4 is 10.5 Å². The third kappa shape index (κ3) is 3.80. The van der Waals surface area contributed by atoms with E-state index in [9.17, 15) is 8.42 Å². The van der Waals surface area contributed by atoms with E-state index < -0.39 is 10.0 Å². The van der Waals surface area contributed by atoms with Crippen LogP contribution in [0.15, 0.2) is 35.8 Å². The molecule has 18 heavy (non-hydrogen) atoms. The average Bonchev–Trinajstić information content (AvgIpc) is 2.81. The zero-order valence-corrected chi connectivity index (χ0v) is 11.2. The van der Waals surface area contributed by atoms with Gasteiger partial charge in [0.25, 0.3) is 0 Å². The van der Waals surface area contributed by atoms with Crippen molar-refractivity contribution < 1.29 is 8.42 Å². The predicted octanol–water partition coefficient (Wildman–Crippen LogP) is 1.51. The summed E-state index contributed by atoms with van der Waals surface area (Å²) in [6.45, 7) is 0.292. The molecular weight excluding hydrogens is 270 g/mol. The van der Waals surface area contributed by atoms with Gasteiger partial charge < -0.3 is 5.32 Å². The fourth-order valence-corrected chi connectivity index (χ4v) is 2.49. The van der Waals surface area contributed by atoms with E-state index in [1.54, 1.807) is 17.5 Å². The Balaban J connectivity index is 2.04. The molecule has 0 saturated heterocycles. The van der Waals surface area contributed by atoms with Crippen LogP contribution in [0.1, 0.15) is 0 Å². The molecule has 0 unspecified atom stereocenters. The number of rotatable bonds is 5. The molecule has 0 bridgehead atoms. The van der Waals surface area contributed by atoms with Crippen LogP contribution in [0.25, 0.3) is 10.6 Å². The van der Waals surface area contributed by atoms with Crippen LogP contribution in [-0.2, 0) is 10.0 Å². The van der Waals surface area contributed by atoms with E-state index in [1.165, 1.54) is 0 Å². The number of nitrogens with zero attached hydrogens (tertiary/aromatic N) is 1. The van der Waals surface area contributed by atoms with Crippen LogP contribution in [0, 0.1) is 0 Å². The highest BCUT2D eigenvalue weighted by Gasteiger charge is 2.03. The molecule has 96 valence electrons. The first kappa shape index (κ1) is 13.0. The Morgan fingerprint density at radius 2 is 2.22 bits per heavy atom. The van der Waals surface area contributed by atoms with Gasteiger partial charge in [-0.05, 0) is 12.1 Å². The summed E-state index contributed by atoms with van der Waals surface area (Å²) in [4.78, 5) is 4.22. The molecule has 1 aromatic carbocycles. The Morgan fingerprint density at radius 1 is 1.39 bits per heavy atom. The van der Waals surface area contributed by atoms with Gasteiger partial charge in [0, 0.05) is 29.4 Å². The number of nitrogens with one attached hydrogen (secondary N) is 1. The maximum absolute atomic E-state index is 10.8. The summed E-state index contributed by atoms with van der Waals surface area (Å²) < 4.78 is 21.6. The van der Waals surface area contributed by atoms with E-state index in [1.807, 2.05) is 29.6 Å². The molecule has 0 saturated carbocycles. The van der Waals surface area contributed by atoms with Crippen molar-refractivity contribution in [1.29, 1.82) is 0 Å². The predicted molar refractivity (Wildman–Crippen MR) is 74.0 cm³/mol. The second kappa shape index (κ2) is 5.47. The summed E-state index contributed by atoms with van der Waals surface area (Å²) in [5.41, 5.74) is 1.86. The molecule has 1 aromatic heterocycles. The van der Waals surface area contributed by atoms with Crippen molar-refractivity contribution in [3.8, 4) is 10.6 Å². The number of nitrogens with two attached hydrogens (primary N) is 1. The molecule has 2 aromatic rings. The molecule has 0 atom stereocenters. The molecule has 0 fully saturated rings. The molecule has 0 amide bonds. The van der Waals surface area contributed by atoms with Crippen LogP contribution >= 0.6 is 11.3 Å². The van der Waals surface area contributed by atoms with Gasteiger partial charge in [-0.3, -0.25) is 0 Å². The average molecular weight is 283 g/mol. The number of hydrogen-bond donors (Lipinski definition) is 2. The fraction of sp³-hybridized carbons (Fsp3) is 0.182. The number of primary sulfonamides is 1. The van der Waals surface area contributed by atoms with Gasteiger partial charge in [0.1, 0.15) is 5.01 Å². The Labute approximate surface area is 110 Å². The van der Waals surface area contributed by atoms with Gasteiger partial charge in [-0.15, -0.1) is 11.3 Å². The quantitative estimate of drug-likeness (QED) is 0.871. The molecule has 7 heteroatoms. The highest BCUT2D eigenvalue weighted by Crippen LogP contribution is 2.24. The van der Waals surface area contributed by atoms with Gasteiger partial charge in [-0.25, -0.2) is 18.5 Å². The van der Waals surface area contributed by atoms with E-state index in [4.69, 9.17) is 5.14 Å². The van der Waals surface area contributed by atoms with Crippen molar-refractivity contribution in [2.24, 2.45) is 5.14 Å². The Morgan fingerprint density at radius 3 is 2.89 bits per heavy atom. The lowest BCUT2D eigenvalue weighted by molar-refractivity contribution is 0.598. The van der Waals surface area contributed by atoms with E-state index in [2.05, 4.69) is 10.3 Å². The number of aromatic nitrogens is 1. The smallest absolute Gasteiger partial charge is 0.210 e. The number of benzene rings is 1. The second-order valence-electron chi connectivity index (χ2n) is 3.71. The molecule has 5 nitrogen and oxygen atoms in total. The topological polar surface area (TPSA) is 85.1 Å². The normalized spacial score (nSPS) is 11.4. The molecule has 3 N–H and O–H groups in total. The number of hydrogen-bond acceptors (Lipinski definition) is 5. The molecule has 2 rings (SSSR count). The molecule has 0 aliphatic heterocycles. The standard InChI is InChI=1S/C11H13N3O2S2/c12-18(15,16)7-5-13-10-3-1-2-9(8-10)11-14-4-6-17-11/h1-4,6,8,13H,5,7H2,(H2,12,15,16). The van der Waals surface area contributed by atoms with Crippen molar-refractivity contribution >= 4 is 27.0 Å². The van der Waals surface area contributed by atoms with E-state index >= 15 is 0 Å². The van der Waals surface area contributed by atoms with Gasteiger partial charge >= 0.3 is 0 Å². The van der Waals surface area contributed by atoms with Crippen LogP contribution in [0.3, 0.4) is 0 Å². The van der Waals surface area contributed by atoms with Gasteiger partial charge in [-0.2, -0.15) is 0 Å². The van der Waals surface area contributed by atoms with Gasteiger partial charge in [0.2, 0.25) is 10.0 Å². The van der Waals surface area contributed by atoms with E-state index in [-0.39, 0.29) is 5.75 Å². The largest absolute Gasteiger partial charge is 0.384 e. The Bertz CT molecular complexity index is 609. The zero-order chi connectivity index (χ0) is 13.0. The zero-order valence-electron chi connectivity index (χ0n) is 9.54. The lowest BCUT2D eigenvalue weighted by Gasteiger charge is -2.06. The maximum atomic E-state index is 10.8. The maximum Gasteiger partial charge on any atom is 0.210 e. The van der Waals surface area contributed by atoms with Crippen LogP contribution in [-0.4, -0.2) is 25.7 Å². The summed E-state index contributed by atoms with van der Waals surface area (Å²) >= 11 is 1.56. The molecule has 0 spiro atoms. The van der Waals surface area contributed by atoms with Gasteiger partial charge in [0.15, 0.2) is 0 Å². The van der Waals surface area contributed by atoms with Crippen molar-refractivity contribution in [2.75, 3.05) is 17.6 Å². The minimum Gasteiger partial charge on any atom is -0.384 e. The first-order valence-electron chi connectivity index (χ1n) is 5.29. The monoisotopic (exact) mass is 283 g/mol. The second-order valence-corrected chi connectivity index (χ2v) is 6.34. The summed E-state index contributed by atoms with van der Waals surface area (Å²) in [6.07, 6.45) is 1.75. The minimum absolute atomic E-state index is 0.0888.